The van der Waals surface area contributed by atoms with E-state index in [2.05, 4.69) is 21.0 Å². The van der Waals surface area contributed by atoms with Crippen LogP contribution in [0.2, 0.25) is 0 Å². The van der Waals surface area contributed by atoms with Crippen molar-refractivity contribution in [2.75, 3.05) is 32.8 Å². The molecule has 0 bridgehead atoms. The largest absolute Gasteiger partial charge is 0.487 e. The number of aryl methyl sites for hydroxylation is 1. The molecule has 2 fully saturated rings. The lowest BCUT2D eigenvalue weighted by Gasteiger charge is -2.23. The lowest BCUT2D eigenvalue weighted by Crippen LogP contribution is -2.40. The van der Waals surface area contributed by atoms with Crippen molar-refractivity contribution in [2.24, 2.45) is 0 Å². The molecule has 6 rings (SSSR count). The maximum absolute atomic E-state index is 14.7. The van der Waals surface area contributed by atoms with E-state index in [1.165, 1.54) is 11.8 Å². The number of carbonyl (C=O) groups is 1. The number of urea groups is 1. The molecule has 3 aromatic rings. The van der Waals surface area contributed by atoms with Crippen LogP contribution < -0.4 is 10.1 Å². The van der Waals surface area contributed by atoms with Gasteiger partial charge in [0, 0.05) is 73.3 Å². The van der Waals surface area contributed by atoms with Gasteiger partial charge in [0.05, 0.1) is 24.4 Å². The van der Waals surface area contributed by atoms with Crippen molar-refractivity contribution >= 4 is 16.9 Å². The monoisotopic (exact) mass is 479 g/mol. The Labute approximate surface area is 203 Å². The third kappa shape index (κ3) is 4.01. The zero-order valence-electron chi connectivity index (χ0n) is 19.9. The van der Waals surface area contributed by atoms with E-state index in [-0.39, 0.29) is 23.3 Å². The highest BCUT2D eigenvalue weighted by molar-refractivity contribution is 5.84. The van der Waals surface area contributed by atoms with Gasteiger partial charge in [-0.3, -0.25) is 9.67 Å². The first-order chi connectivity index (χ1) is 17.0. The van der Waals surface area contributed by atoms with Gasteiger partial charge in [0.15, 0.2) is 11.6 Å². The van der Waals surface area contributed by atoms with Crippen LogP contribution in [0.4, 0.5) is 9.18 Å². The van der Waals surface area contributed by atoms with E-state index in [1.54, 1.807) is 12.3 Å². The number of aromatic nitrogens is 3. The van der Waals surface area contributed by atoms with Crippen LogP contribution in [0.25, 0.3) is 22.2 Å². The predicted molar refractivity (Wildman–Crippen MR) is 129 cm³/mol. The number of nitrogens with zero attached hydrogens (tertiary/aromatic N) is 4. The number of halogens is 1. The standard InChI is InChI=1S/C26H30FN5O3/c1-2-28-25(33)31-7-5-26(16-31)6-8-32-24(26)14-22(30-32)18-11-17-12-23(20(27)13-21(17)29-15-18)35-19-3-9-34-10-4-19/h11-15,19H,2-10,16H2,1H3,(H,28,33). The smallest absolute Gasteiger partial charge is 0.317 e. The van der Waals surface area contributed by atoms with Gasteiger partial charge in [0.2, 0.25) is 0 Å². The number of rotatable bonds is 4. The van der Waals surface area contributed by atoms with Crippen molar-refractivity contribution in [3.63, 3.8) is 0 Å². The Morgan fingerprint density at radius 2 is 2.06 bits per heavy atom. The molecule has 1 spiro atoms. The van der Waals surface area contributed by atoms with Crippen molar-refractivity contribution in [2.45, 2.75) is 50.7 Å². The highest BCUT2D eigenvalue weighted by Crippen LogP contribution is 2.44. The molecule has 3 aliphatic rings. The second-order valence-corrected chi connectivity index (χ2v) is 9.80. The number of hydrogen-bond donors (Lipinski definition) is 1. The molecule has 1 N–H and O–H groups in total. The van der Waals surface area contributed by atoms with Crippen molar-refractivity contribution in [3.8, 4) is 17.0 Å². The number of amides is 2. The molecule has 2 amide bonds. The summed E-state index contributed by atoms with van der Waals surface area (Å²) in [6.07, 6.45) is 5.17. The second kappa shape index (κ2) is 8.78. The Morgan fingerprint density at radius 1 is 1.23 bits per heavy atom. The molecule has 1 aromatic carbocycles. The van der Waals surface area contributed by atoms with Crippen LogP contribution in [-0.2, 0) is 16.7 Å². The van der Waals surface area contributed by atoms with Gasteiger partial charge in [-0.1, -0.05) is 0 Å². The first-order valence-corrected chi connectivity index (χ1v) is 12.5. The molecule has 35 heavy (non-hydrogen) atoms. The van der Waals surface area contributed by atoms with Crippen molar-refractivity contribution < 1.29 is 18.7 Å². The average molecular weight is 480 g/mol. The lowest BCUT2D eigenvalue weighted by molar-refractivity contribution is 0.0241. The topological polar surface area (TPSA) is 81.5 Å². The molecule has 8 nitrogen and oxygen atoms in total. The fourth-order valence-corrected chi connectivity index (χ4v) is 5.66. The first kappa shape index (κ1) is 22.3. The molecule has 1 atom stereocenters. The number of pyridine rings is 1. The van der Waals surface area contributed by atoms with Gasteiger partial charge >= 0.3 is 6.03 Å². The molecular weight excluding hydrogens is 449 g/mol. The number of fused-ring (bicyclic) bond motifs is 3. The van der Waals surface area contributed by atoms with E-state index in [0.717, 1.165) is 55.4 Å². The minimum Gasteiger partial charge on any atom is -0.487 e. The van der Waals surface area contributed by atoms with Crippen LogP contribution in [0.1, 0.15) is 38.3 Å². The van der Waals surface area contributed by atoms with E-state index in [9.17, 15) is 9.18 Å². The van der Waals surface area contributed by atoms with E-state index in [0.29, 0.717) is 31.8 Å². The Kier molecular flexibility index (Phi) is 5.59. The zero-order chi connectivity index (χ0) is 24.0. The lowest BCUT2D eigenvalue weighted by atomic mass is 9.82. The first-order valence-electron chi connectivity index (χ1n) is 12.5. The summed E-state index contributed by atoms with van der Waals surface area (Å²) in [6.45, 7) is 6.15. The van der Waals surface area contributed by atoms with Gasteiger partial charge in [0.1, 0.15) is 6.10 Å². The van der Waals surface area contributed by atoms with Gasteiger partial charge in [0.25, 0.3) is 0 Å². The van der Waals surface area contributed by atoms with Gasteiger partial charge in [-0.2, -0.15) is 5.10 Å². The van der Waals surface area contributed by atoms with Crippen molar-refractivity contribution in [1.82, 2.24) is 25.0 Å². The predicted octanol–water partition coefficient (Wildman–Crippen LogP) is 3.87. The summed E-state index contributed by atoms with van der Waals surface area (Å²) in [5, 5.41) is 8.59. The highest BCUT2D eigenvalue weighted by atomic mass is 19.1. The molecule has 0 aliphatic carbocycles. The number of nitrogens with one attached hydrogen (secondary N) is 1. The highest BCUT2D eigenvalue weighted by Gasteiger charge is 2.46. The molecule has 3 aliphatic heterocycles. The maximum Gasteiger partial charge on any atom is 0.317 e. The zero-order valence-corrected chi connectivity index (χ0v) is 19.9. The van der Waals surface area contributed by atoms with Gasteiger partial charge < -0.3 is 19.7 Å². The van der Waals surface area contributed by atoms with Crippen molar-refractivity contribution in [1.29, 1.82) is 0 Å². The third-order valence-corrected chi connectivity index (χ3v) is 7.59. The van der Waals surface area contributed by atoms with Crippen LogP contribution in [0.3, 0.4) is 0 Å². The summed E-state index contributed by atoms with van der Waals surface area (Å²) >= 11 is 0. The fourth-order valence-electron chi connectivity index (χ4n) is 5.66. The molecule has 0 radical (unpaired) electrons. The minimum absolute atomic E-state index is 0.00676. The summed E-state index contributed by atoms with van der Waals surface area (Å²) in [7, 11) is 0. The van der Waals surface area contributed by atoms with Gasteiger partial charge in [-0.25, -0.2) is 9.18 Å². The Morgan fingerprint density at radius 3 is 2.89 bits per heavy atom. The molecule has 0 saturated carbocycles. The number of ether oxygens (including phenoxy) is 2. The molecular formula is C26H30FN5O3. The number of benzene rings is 1. The fraction of sp³-hybridized carbons (Fsp3) is 0.500. The van der Waals surface area contributed by atoms with E-state index < -0.39 is 5.82 Å². The summed E-state index contributed by atoms with van der Waals surface area (Å²) in [5.41, 5.74) is 3.45. The molecule has 5 heterocycles. The average Bonchev–Trinajstić information content (AvgIpc) is 3.57. The normalized spacial score (nSPS) is 22.2. The molecule has 2 saturated heterocycles. The summed E-state index contributed by atoms with van der Waals surface area (Å²) < 4.78 is 28.1. The van der Waals surface area contributed by atoms with Crippen LogP contribution in [0.5, 0.6) is 5.75 Å². The Balaban J connectivity index is 1.27. The number of likely N-dealkylation sites (tertiary alicyclic amines) is 1. The van der Waals surface area contributed by atoms with Gasteiger partial charge in [-0.05, 0) is 38.0 Å². The maximum atomic E-state index is 14.7. The van der Waals surface area contributed by atoms with Crippen LogP contribution >= 0.6 is 0 Å². The second-order valence-electron chi connectivity index (χ2n) is 9.80. The van der Waals surface area contributed by atoms with Crippen LogP contribution in [0.15, 0.2) is 30.5 Å². The molecule has 2 aromatic heterocycles. The van der Waals surface area contributed by atoms with Gasteiger partial charge in [-0.15, -0.1) is 0 Å². The number of hydrogen-bond acceptors (Lipinski definition) is 5. The Bertz CT molecular complexity index is 1270. The summed E-state index contributed by atoms with van der Waals surface area (Å²) in [6, 6.07) is 7.32. The third-order valence-electron chi connectivity index (χ3n) is 7.59. The Hall–Kier alpha value is -3.20. The van der Waals surface area contributed by atoms with Crippen molar-refractivity contribution in [3.05, 3.63) is 42.0 Å². The van der Waals surface area contributed by atoms with E-state index in [4.69, 9.17) is 14.6 Å². The molecule has 184 valence electrons. The van der Waals surface area contributed by atoms with E-state index in [1.807, 2.05) is 17.9 Å². The minimum atomic E-state index is -0.398. The SMILES string of the molecule is CCNC(=O)N1CCC2(CCn3nc(-c4cnc5cc(F)c(OC6CCOCC6)cc5c4)cc32)C1. The molecule has 1 unspecified atom stereocenters. The number of carbonyl (C=O) groups excluding carboxylic acids is 1. The summed E-state index contributed by atoms with van der Waals surface area (Å²) in [4.78, 5) is 18.8. The van der Waals surface area contributed by atoms with Crippen LogP contribution in [-0.4, -0.2) is 64.6 Å². The van der Waals surface area contributed by atoms with Crippen LogP contribution in [0, 0.1) is 5.82 Å². The quantitative estimate of drug-likeness (QED) is 0.614. The van der Waals surface area contributed by atoms with E-state index >= 15 is 0 Å². The molecule has 9 heteroatoms. The summed E-state index contributed by atoms with van der Waals surface area (Å²) in [5.74, 6) is -0.143.